The first-order chi connectivity index (χ1) is 8.68. The highest BCUT2D eigenvalue weighted by molar-refractivity contribution is 5.45. The second-order valence-corrected chi connectivity index (χ2v) is 5.37. The predicted molar refractivity (Wildman–Crippen MR) is 74.8 cm³/mol. The second kappa shape index (κ2) is 6.19. The van der Waals surface area contributed by atoms with Gasteiger partial charge < -0.3 is 10.0 Å². The molecule has 1 aliphatic carbocycles. The Hall–Kier alpha value is -1.09. The van der Waals surface area contributed by atoms with Crippen molar-refractivity contribution in [1.82, 2.24) is 4.98 Å². The Bertz CT molecular complexity index is 353. The highest BCUT2D eigenvalue weighted by Gasteiger charge is 2.17. The van der Waals surface area contributed by atoms with Crippen molar-refractivity contribution < 1.29 is 5.11 Å². The third kappa shape index (κ3) is 3.22. The molecule has 0 spiro atoms. The number of anilines is 1. The van der Waals surface area contributed by atoms with Crippen LogP contribution >= 0.6 is 0 Å². The van der Waals surface area contributed by atoms with E-state index in [1.165, 1.54) is 38.5 Å². The summed E-state index contributed by atoms with van der Waals surface area (Å²) < 4.78 is 0. The predicted octanol–water partition coefficient (Wildman–Crippen LogP) is 3.29. The molecule has 1 N–H and O–H groups in total. The van der Waals surface area contributed by atoms with Crippen LogP contribution in [0.4, 0.5) is 5.69 Å². The van der Waals surface area contributed by atoms with Crippen molar-refractivity contribution in [3.05, 3.63) is 24.0 Å². The fourth-order valence-corrected chi connectivity index (χ4v) is 2.71. The van der Waals surface area contributed by atoms with Crippen LogP contribution in [0.25, 0.3) is 0 Å². The van der Waals surface area contributed by atoms with Gasteiger partial charge in [0.25, 0.3) is 0 Å². The Kier molecular flexibility index (Phi) is 4.59. The zero-order valence-corrected chi connectivity index (χ0v) is 11.5. The topological polar surface area (TPSA) is 36.4 Å². The lowest BCUT2D eigenvalue weighted by molar-refractivity contribution is 0.194. The minimum absolute atomic E-state index is 0.484. The molecule has 18 heavy (non-hydrogen) atoms. The highest BCUT2D eigenvalue weighted by atomic mass is 16.3. The van der Waals surface area contributed by atoms with E-state index in [0.717, 1.165) is 11.4 Å². The third-order valence-corrected chi connectivity index (χ3v) is 3.98. The molecule has 1 unspecified atom stereocenters. The number of aromatic nitrogens is 1. The van der Waals surface area contributed by atoms with Crippen LogP contribution in [0.3, 0.4) is 0 Å². The molecule has 0 aliphatic heterocycles. The van der Waals surface area contributed by atoms with Crippen LogP contribution in [0.5, 0.6) is 0 Å². The highest BCUT2D eigenvalue weighted by Crippen LogP contribution is 2.25. The fourth-order valence-electron chi connectivity index (χ4n) is 2.71. The van der Waals surface area contributed by atoms with Crippen LogP contribution in [-0.4, -0.2) is 23.2 Å². The third-order valence-electron chi connectivity index (χ3n) is 3.98. The van der Waals surface area contributed by atoms with Gasteiger partial charge in [0.05, 0.1) is 23.7 Å². The van der Waals surface area contributed by atoms with Crippen LogP contribution in [-0.2, 0) is 0 Å². The standard InChI is InChI=1S/C15H24N2O/c1-12(18)15-10-9-14(11-16-15)17(2)13-7-5-3-4-6-8-13/h9-13,18H,3-8H2,1-2H3. The number of pyridine rings is 1. The molecule has 100 valence electrons. The molecule has 2 rings (SSSR count). The van der Waals surface area contributed by atoms with Crippen molar-refractivity contribution >= 4 is 5.69 Å². The monoisotopic (exact) mass is 248 g/mol. The Morgan fingerprint density at radius 2 is 1.89 bits per heavy atom. The van der Waals surface area contributed by atoms with Gasteiger partial charge in [0.1, 0.15) is 0 Å². The average molecular weight is 248 g/mol. The van der Waals surface area contributed by atoms with E-state index in [9.17, 15) is 5.11 Å². The summed E-state index contributed by atoms with van der Waals surface area (Å²) in [4.78, 5) is 6.68. The number of aliphatic hydroxyl groups is 1. The average Bonchev–Trinajstić information content (AvgIpc) is 2.67. The zero-order chi connectivity index (χ0) is 13.0. The molecule has 3 heteroatoms. The number of rotatable bonds is 3. The number of hydrogen-bond acceptors (Lipinski definition) is 3. The summed E-state index contributed by atoms with van der Waals surface area (Å²) in [5.74, 6) is 0. The molecule has 1 saturated carbocycles. The van der Waals surface area contributed by atoms with E-state index in [2.05, 4.69) is 23.0 Å². The van der Waals surface area contributed by atoms with E-state index in [0.29, 0.717) is 6.04 Å². The number of aliphatic hydroxyl groups excluding tert-OH is 1. The Balaban J connectivity index is 2.05. The largest absolute Gasteiger partial charge is 0.387 e. The van der Waals surface area contributed by atoms with Crippen molar-refractivity contribution in [2.45, 2.75) is 57.6 Å². The fraction of sp³-hybridized carbons (Fsp3) is 0.667. The van der Waals surface area contributed by atoms with E-state index < -0.39 is 6.10 Å². The first-order valence-electron chi connectivity index (χ1n) is 7.05. The molecular formula is C15H24N2O. The van der Waals surface area contributed by atoms with Gasteiger partial charge >= 0.3 is 0 Å². The molecule has 1 aliphatic rings. The summed E-state index contributed by atoms with van der Waals surface area (Å²) >= 11 is 0. The van der Waals surface area contributed by atoms with Crippen LogP contribution in [0, 0.1) is 0 Å². The molecule has 1 atom stereocenters. The molecule has 1 aromatic heterocycles. The minimum Gasteiger partial charge on any atom is -0.387 e. The summed E-state index contributed by atoms with van der Waals surface area (Å²) in [6.45, 7) is 1.75. The SMILES string of the molecule is CC(O)c1ccc(N(C)C2CCCCCC2)cn1. The molecule has 0 radical (unpaired) electrons. The second-order valence-electron chi connectivity index (χ2n) is 5.37. The van der Waals surface area contributed by atoms with Gasteiger partial charge in [-0.1, -0.05) is 25.7 Å². The minimum atomic E-state index is -0.484. The summed E-state index contributed by atoms with van der Waals surface area (Å²) in [6.07, 6.45) is 9.41. The molecule has 0 saturated heterocycles. The Morgan fingerprint density at radius 1 is 1.22 bits per heavy atom. The zero-order valence-electron chi connectivity index (χ0n) is 11.5. The van der Waals surface area contributed by atoms with E-state index >= 15 is 0 Å². The molecule has 0 bridgehead atoms. The van der Waals surface area contributed by atoms with Gasteiger partial charge in [-0.3, -0.25) is 4.98 Å². The lowest BCUT2D eigenvalue weighted by Gasteiger charge is -2.29. The maximum Gasteiger partial charge on any atom is 0.0931 e. The number of hydrogen-bond donors (Lipinski definition) is 1. The summed E-state index contributed by atoms with van der Waals surface area (Å²) in [6, 6.07) is 4.64. The lowest BCUT2D eigenvalue weighted by atomic mass is 10.1. The number of nitrogens with zero attached hydrogens (tertiary/aromatic N) is 2. The van der Waals surface area contributed by atoms with Gasteiger partial charge in [-0.05, 0) is 31.9 Å². The Morgan fingerprint density at radius 3 is 2.39 bits per heavy atom. The summed E-state index contributed by atoms with van der Waals surface area (Å²) in [5.41, 5.74) is 1.90. The summed E-state index contributed by atoms with van der Waals surface area (Å²) in [7, 11) is 2.16. The van der Waals surface area contributed by atoms with E-state index in [4.69, 9.17) is 0 Å². The van der Waals surface area contributed by atoms with Crippen molar-refractivity contribution in [3.63, 3.8) is 0 Å². The molecule has 1 heterocycles. The van der Waals surface area contributed by atoms with Crippen molar-refractivity contribution in [2.75, 3.05) is 11.9 Å². The van der Waals surface area contributed by atoms with Crippen LogP contribution < -0.4 is 4.90 Å². The maximum atomic E-state index is 9.46. The van der Waals surface area contributed by atoms with Crippen LogP contribution in [0.15, 0.2) is 18.3 Å². The normalized spacial score (nSPS) is 19.3. The Labute approximate surface area is 110 Å². The van der Waals surface area contributed by atoms with Gasteiger partial charge in [-0.25, -0.2) is 0 Å². The van der Waals surface area contributed by atoms with Gasteiger partial charge in [-0.2, -0.15) is 0 Å². The molecule has 1 fully saturated rings. The van der Waals surface area contributed by atoms with Crippen LogP contribution in [0.1, 0.15) is 57.2 Å². The smallest absolute Gasteiger partial charge is 0.0931 e. The molecule has 0 amide bonds. The van der Waals surface area contributed by atoms with E-state index in [1.807, 2.05) is 12.3 Å². The first-order valence-corrected chi connectivity index (χ1v) is 7.05. The van der Waals surface area contributed by atoms with Gasteiger partial charge in [0.15, 0.2) is 0 Å². The van der Waals surface area contributed by atoms with Crippen LogP contribution in [0.2, 0.25) is 0 Å². The van der Waals surface area contributed by atoms with Crippen molar-refractivity contribution in [1.29, 1.82) is 0 Å². The van der Waals surface area contributed by atoms with E-state index in [-0.39, 0.29) is 0 Å². The molecular weight excluding hydrogens is 224 g/mol. The van der Waals surface area contributed by atoms with Gasteiger partial charge in [0, 0.05) is 13.1 Å². The molecule has 0 aromatic carbocycles. The first kappa shape index (κ1) is 13.3. The summed E-state index contributed by atoms with van der Waals surface area (Å²) in [5, 5.41) is 9.46. The lowest BCUT2D eigenvalue weighted by Crippen LogP contribution is -2.31. The van der Waals surface area contributed by atoms with Crippen molar-refractivity contribution in [3.8, 4) is 0 Å². The molecule has 3 nitrogen and oxygen atoms in total. The van der Waals surface area contributed by atoms with E-state index in [1.54, 1.807) is 6.92 Å². The molecule has 1 aromatic rings. The quantitative estimate of drug-likeness (QED) is 0.834. The van der Waals surface area contributed by atoms with Gasteiger partial charge in [0.2, 0.25) is 0 Å². The van der Waals surface area contributed by atoms with Crippen molar-refractivity contribution in [2.24, 2.45) is 0 Å². The maximum absolute atomic E-state index is 9.46. The van der Waals surface area contributed by atoms with Gasteiger partial charge in [-0.15, -0.1) is 0 Å².